The van der Waals surface area contributed by atoms with Crippen molar-refractivity contribution in [1.82, 2.24) is 0 Å². The smallest absolute Gasteiger partial charge is 0.307 e. The summed E-state index contributed by atoms with van der Waals surface area (Å²) in [6, 6.07) is 7.32. The number of carbonyl (C=O) groups excluding carboxylic acids is 1. The van der Waals surface area contributed by atoms with E-state index in [2.05, 4.69) is 21.2 Å². The van der Waals surface area contributed by atoms with Crippen LogP contribution >= 0.6 is 15.9 Å². The highest BCUT2D eigenvalue weighted by Crippen LogP contribution is 2.48. The molecule has 5 heteroatoms. The summed E-state index contributed by atoms with van der Waals surface area (Å²) in [5, 5.41) is 12.2. The maximum Gasteiger partial charge on any atom is 0.307 e. The molecule has 0 spiro atoms. The Morgan fingerprint density at radius 3 is 2.45 bits per heavy atom. The second-order valence-corrected chi connectivity index (χ2v) is 6.16. The van der Waals surface area contributed by atoms with E-state index in [4.69, 9.17) is 0 Å². The SMILES string of the molecule is O=C(O)[C@@H]1[C@H](C(=O)Nc2ccccc2Br)[C@@H]2C=C[C@H]1C2. The normalized spacial score (nSPS) is 30.4. The van der Waals surface area contributed by atoms with Crippen LogP contribution < -0.4 is 5.32 Å². The van der Waals surface area contributed by atoms with Crippen LogP contribution in [-0.4, -0.2) is 17.0 Å². The number of nitrogens with one attached hydrogen (secondary N) is 1. The monoisotopic (exact) mass is 335 g/mol. The first-order valence-corrected chi connectivity index (χ1v) is 7.34. The fourth-order valence-corrected chi connectivity index (χ4v) is 3.68. The van der Waals surface area contributed by atoms with Crippen molar-refractivity contribution in [1.29, 1.82) is 0 Å². The van der Waals surface area contributed by atoms with E-state index in [0.717, 1.165) is 10.9 Å². The molecule has 4 nitrogen and oxygen atoms in total. The molecule has 1 amide bonds. The average molecular weight is 336 g/mol. The highest BCUT2D eigenvalue weighted by molar-refractivity contribution is 9.10. The lowest BCUT2D eigenvalue weighted by Gasteiger charge is -2.24. The number of carbonyl (C=O) groups is 2. The second-order valence-electron chi connectivity index (χ2n) is 5.31. The summed E-state index contributed by atoms with van der Waals surface area (Å²) in [5.74, 6) is -2.13. The van der Waals surface area contributed by atoms with E-state index < -0.39 is 17.8 Å². The molecule has 2 N–H and O–H groups in total. The Balaban J connectivity index is 1.82. The van der Waals surface area contributed by atoms with E-state index in [1.807, 2.05) is 30.4 Å². The molecule has 104 valence electrons. The predicted molar refractivity (Wildman–Crippen MR) is 78.1 cm³/mol. The number of amides is 1. The number of rotatable bonds is 3. The molecular weight excluding hydrogens is 322 g/mol. The molecule has 3 rings (SSSR count). The molecule has 2 bridgehead atoms. The largest absolute Gasteiger partial charge is 0.481 e. The quantitative estimate of drug-likeness (QED) is 0.834. The van der Waals surface area contributed by atoms with Crippen LogP contribution in [0, 0.1) is 23.7 Å². The zero-order valence-corrected chi connectivity index (χ0v) is 12.2. The van der Waals surface area contributed by atoms with Gasteiger partial charge in [0.25, 0.3) is 0 Å². The lowest BCUT2D eigenvalue weighted by molar-refractivity contribution is -0.146. The van der Waals surface area contributed by atoms with Crippen molar-refractivity contribution in [3.8, 4) is 0 Å². The van der Waals surface area contributed by atoms with Crippen LogP contribution in [0.15, 0.2) is 40.9 Å². The molecule has 0 aliphatic heterocycles. The van der Waals surface area contributed by atoms with Crippen molar-refractivity contribution in [3.63, 3.8) is 0 Å². The van der Waals surface area contributed by atoms with Crippen LogP contribution in [0.4, 0.5) is 5.69 Å². The van der Waals surface area contributed by atoms with Gasteiger partial charge in [-0.05, 0) is 46.3 Å². The van der Waals surface area contributed by atoms with Gasteiger partial charge in [-0.3, -0.25) is 9.59 Å². The third kappa shape index (κ3) is 2.16. The van der Waals surface area contributed by atoms with Crippen molar-refractivity contribution < 1.29 is 14.7 Å². The molecule has 0 heterocycles. The van der Waals surface area contributed by atoms with Crippen molar-refractivity contribution in [2.75, 3.05) is 5.32 Å². The first kappa shape index (κ1) is 13.4. The van der Waals surface area contributed by atoms with E-state index in [1.54, 1.807) is 6.07 Å². The third-order valence-electron chi connectivity index (χ3n) is 4.18. The number of halogens is 1. The van der Waals surface area contributed by atoms with Gasteiger partial charge in [0.05, 0.1) is 17.5 Å². The highest BCUT2D eigenvalue weighted by Gasteiger charge is 2.51. The fraction of sp³-hybridized carbons (Fsp3) is 0.333. The minimum Gasteiger partial charge on any atom is -0.481 e. The summed E-state index contributed by atoms with van der Waals surface area (Å²) in [6.07, 6.45) is 4.69. The summed E-state index contributed by atoms with van der Waals surface area (Å²) in [6.45, 7) is 0. The molecule has 0 saturated heterocycles. The number of para-hydroxylation sites is 1. The average Bonchev–Trinajstić information content (AvgIpc) is 3.01. The van der Waals surface area contributed by atoms with E-state index in [1.165, 1.54) is 0 Å². The number of fused-ring (bicyclic) bond motifs is 2. The van der Waals surface area contributed by atoms with Crippen LogP contribution in [0.2, 0.25) is 0 Å². The van der Waals surface area contributed by atoms with Crippen LogP contribution in [0.5, 0.6) is 0 Å². The Morgan fingerprint density at radius 1 is 1.15 bits per heavy atom. The van der Waals surface area contributed by atoms with Crippen LogP contribution in [0.3, 0.4) is 0 Å². The van der Waals surface area contributed by atoms with Crippen molar-refractivity contribution in [2.45, 2.75) is 6.42 Å². The number of allylic oxidation sites excluding steroid dienone is 2. The van der Waals surface area contributed by atoms with Gasteiger partial charge in [0.1, 0.15) is 0 Å². The molecule has 1 saturated carbocycles. The van der Waals surface area contributed by atoms with E-state index in [9.17, 15) is 14.7 Å². The van der Waals surface area contributed by atoms with Gasteiger partial charge in [-0.25, -0.2) is 0 Å². The van der Waals surface area contributed by atoms with Crippen LogP contribution in [0.1, 0.15) is 6.42 Å². The molecule has 2 aliphatic rings. The number of hydrogen-bond donors (Lipinski definition) is 2. The van der Waals surface area contributed by atoms with Crippen molar-refractivity contribution in [2.24, 2.45) is 23.7 Å². The minimum atomic E-state index is -0.880. The van der Waals surface area contributed by atoms with Gasteiger partial charge in [-0.15, -0.1) is 0 Å². The maximum absolute atomic E-state index is 12.4. The number of carboxylic acids is 1. The Hall–Kier alpha value is -1.62. The number of anilines is 1. The lowest BCUT2D eigenvalue weighted by Crippen LogP contribution is -2.36. The standard InChI is InChI=1S/C15H14BrNO3/c16-10-3-1-2-4-11(10)17-14(18)12-8-5-6-9(7-8)13(12)15(19)20/h1-6,8-9,12-13H,7H2,(H,17,18)(H,19,20)/t8-,9+,12-,13+/m1/s1. The molecule has 4 atom stereocenters. The molecule has 1 fully saturated rings. The van der Waals surface area contributed by atoms with Crippen LogP contribution in [0.25, 0.3) is 0 Å². The number of carboxylic acid groups (broad SMARTS) is 1. The molecule has 0 unspecified atom stereocenters. The van der Waals surface area contributed by atoms with Gasteiger partial charge in [-0.1, -0.05) is 24.3 Å². The molecule has 0 radical (unpaired) electrons. The van der Waals surface area contributed by atoms with E-state index >= 15 is 0 Å². The number of aliphatic carboxylic acids is 1. The zero-order chi connectivity index (χ0) is 14.3. The molecule has 1 aromatic carbocycles. The summed E-state index contributed by atoms with van der Waals surface area (Å²) in [4.78, 5) is 23.8. The van der Waals surface area contributed by atoms with Gasteiger partial charge in [0, 0.05) is 4.47 Å². The molecule has 2 aliphatic carbocycles. The first-order valence-electron chi connectivity index (χ1n) is 6.54. The van der Waals surface area contributed by atoms with Crippen molar-refractivity contribution in [3.05, 3.63) is 40.9 Å². The Morgan fingerprint density at radius 2 is 1.80 bits per heavy atom. The van der Waals surface area contributed by atoms with Crippen LogP contribution in [-0.2, 0) is 9.59 Å². The Bertz CT molecular complexity index is 599. The third-order valence-corrected chi connectivity index (χ3v) is 4.87. The highest BCUT2D eigenvalue weighted by atomic mass is 79.9. The van der Waals surface area contributed by atoms with Gasteiger partial charge >= 0.3 is 5.97 Å². The lowest BCUT2D eigenvalue weighted by atomic mass is 9.82. The predicted octanol–water partition coefficient (Wildman–Crippen LogP) is 2.91. The number of benzene rings is 1. The molecule has 20 heavy (non-hydrogen) atoms. The maximum atomic E-state index is 12.4. The molecular formula is C15H14BrNO3. The van der Waals surface area contributed by atoms with Gasteiger partial charge in [0.2, 0.25) is 5.91 Å². The van der Waals surface area contributed by atoms with E-state index in [-0.39, 0.29) is 17.7 Å². The summed E-state index contributed by atoms with van der Waals surface area (Å²) in [5.41, 5.74) is 0.674. The summed E-state index contributed by atoms with van der Waals surface area (Å²) >= 11 is 3.37. The van der Waals surface area contributed by atoms with Gasteiger partial charge in [-0.2, -0.15) is 0 Å². The Labute approximate surface area is 125 Å². The van der Waals surface area contributed by atoms with Crippen molar-refractivity contribution >= 4 is 33.5 Å². The summed E-state index contributed by atoms with van der Waals surface area (Å²) < 4.78 is 0.791. The number of hydrogen-bond acceptors (Lipinski definition) is 2. The van der Waals surface area contributed by atoms with Gasteiger partial charge < -0.3 is 10.4 Å². The van der Waals surface area contributed by atoms with Gasteiger partial charge in [0.15, 0.2) is 0 Å². The minimum absolute atomic E-state index is 0.00698. The first-order chi connectivity index (χ1) is 9.58. The topological polar surface area (TPSA) is 66.4 Å². The summed E-state index contributed by atoms with van der Waals surface area (Å²) in [7, 11) is 0. The Kier molecular flexibility index (Phi) is 3.38. The fourth-order valence-electron chi connectivity index (χ4n) is 3.29. The molecule has 1 aromatic rings. The second kappa shape index (κ2) is 5.05. The van der Waals surface area contributed by atoms with E-state index in [0.29, 0.717) is 5.69 Å². The molecule has 0 aromatic heterocycles. The zero-order valence-electron chi connectivity index (χ0n) is 10.6.